The van der Waals surface area contributed by atoms with Crippen molar-refractivity contribution in [1.29, 1.82) is 0 Å². The van der Waals surface area contributed by atoms with Crippen LogP contribution in [0.25, 0.3) is 0 Å². The van der Waals surface area contributed by atoms with Crippen LogP contribution in [-0.4, -0.2) is 4.98 Å². The number of nitrogens with zero attached hydrogens (tertiary/aromatic N) is 1. The van der Waals surface area contributed by atoms with Crippen LogP contribution in [-0.2, 0) is 12.7 Å². The highest BCUT2D eigenvalue weighted by atomic mass is 19.4. The second-order valence-electron chi connectivity index (χ2n) is 4.27. The zero-order valence-corrected chi connectivity index (χ0v) is 10.7. The van der Waals surface area contributed by atoms with Crippen molar-refractivity contribution in [3.8, 4) is 11.6 Å². The molecule has 0 saturated heterocycles. The Bertz CT molecular complexity index is 612. The van der Waals surface area contributed by atoms with Gasteiger partial charge in [-0.3, -0.25) is 0 Å². The summed E-state index contributed by atoms with van der Waals surface area (Å²) in [5.41, 5.74) is 6.06. The number of halogens is 3. The molecule has 0 aliphatic heterocycles. The third kappa shape index (κ3) is 3.08. The van der Waals surface area contributed by atoms with E-state index in [1.54, 1.807) is 13.0 Å². The van der Waals surface area contributed by atoms with E-state index < -0.39 is 11.7 Å². The van der Waals surface area contributed by atoms with Gasteiger partial charge in [0.25, 0.3) is 0 Å². The van der Waals surface area contributed by atoms with Crippen molar-refractivity contribution in [2.75, 3.05) is 0 Å². The maximum Gasteiger partial charge on any atom is 0.419 e. The summed E-state index contributed by atoms with van der Waals surface area (Å²) in [6, 6.07) is 6.76. The lowest BCUT2D eigenvalue weighted by Crippen LogP contribution is -2.07. The molecule has 1 aromatic heterocycles. The Hall–Kier alpha value is -2.08. The van der Waals surface area contributed by atoms with E-state index in [-0.39, 0.29) is 11.6 Å². The van der Waals surface area contributed by atoms with Gasteiger partial charge in [-0.1, -0.05) is 12.1 Å². The number of benzene rings is 1. The second-order valence-corrected chi connectivity index (χ2v) is 4.27. The zero-order chi connectivity index (χ0) is 14.8. The van der Waals surface area contributed by atoms with Gasteiger partial charge in [-0.15, -0.1) is 0 Å². The second kappa shape index (κ2) is 5.50. The number of aryl methyl sites for hydroxylation is 1. The number of pyridine rings is 1. The quantitative estimate of drug-likeness (QED) is 0.934. The summed E-state index contributed by atoms with van der Waals surface area (Å²) in [7, 11) is 0. The maximum absolute atomic E-state index is 12.9. The first kappa shape index (κ1) is 14.3. The summed E-state index contributed by atoms with van der Waals surface area (Å²) in [4.78, 5) is 4.00. The highest BCUT2D eigenvalue weighted by Crippen LogP contribution is 2.37. The molecule has 1 aromatic carbocycles. The van der Waals surface area contributed by atoms with E-state index in [0.29, 0.717) is 12.1 Å². The molecule has 0 aliphatic rings. The maximum atomic E-state index is 12.9. The van der Waals surface area contributed by atoms with E-state index in [1.165, 1.54) is 24.4 Å². The highest BCUT2D eigenvalue weighted by Gasteiger charge is 2.34. The molecule has 0 aliphatic carbocycles. The summed E-state index contributed by atoms with van der Waals surface area (Å²) in [6.45, 7) is 2.02. The van der Waals surface area contributed by atoms with Gasteiger partial charge in [0.2, 0.25) is 5.88 Å². The van der Waals surface area contributed by atoms with Crippen molar-refractivity contribution < 1.29 is 17.9 Å². The van der Waals surface area contributed by atoms with Crippen LogP contribution in [0.3, 0.4) is 0 Å². The molecule has 0 amide bonds. The Morgan fingerprint density at radius 3 is 2.55 bits per heavy atom. The third-order valence-corrected chi connectivity index (χ3v) is 2.72. The number of alkyl halides is 3. The van der Waals surface area contributed by atoms with Crippen molar-refractivity contribution in [3.63, 3.8) is 0 Å². The molecule has 6 heteroatoms. The number of rotatable bonds is 3. The molecule has 3 nitrogen and oxygen atoms in total. The van der Waals surface area contributed by atoms with Crippen molar-refractivity contribution >= 4 is 0 Å². The first-order valence-electron chi connectivity index (χ1n) is 5.91. The molecule has 0 atom stereocenters. The van der Waals surface area contributed by atoms with E-state index in [2.05, 4.69) is 4.98 Å². The molecular formula is C14H13F3N2O. The van der Waals surface area contributed by atoms with Crippen LogP contribution in [0.4, 0.5) is 13.2 Å². The van der Waals surface area contributed by atoms with Gasteiger partial charge in [0.15, 0.2) is 0 Å². The van der Waals surface area contributed by atoms with Crippen LogP contribution in [0.1, 0.15) is 16.7 Å². The molecule has 20 heavy (non-hydrogen) atoms. The van der Waals surface area contributed by atoms with Crippen LogP contribution < -0.4 is 10.5 Å². The van der Waals surface area contributed by atoms with Crippen LogP contribution in [0.15, 0.2) is 36.5 Å². The molecule has 0 bridgehead atoms. The van der Waals surface area contributed by atoms with Crippen molar-refractivity contribution in [2.24, 2.45) is 5.73 Å². The zero-order valence-electron chi connectivity index (χ0n) is 10.7. The van der Waals surface area contributed by atoms with Crippen molar-refractivity contribution in [2.45, 2.75) is 19.6 Å². The van der Waals surface area contributed by atoms with E-state index in [9.17, 15) is 13.2 Å². The topological polar surface area (TPSA) is 48.1 Å². The van der Waals surface area contributed by atoms with Gasteiger partial charge in [-0.05, 0) is 30.7 Å². The summed E-state index contributed by atoms with van der Waals surface area (Å²) in [6.07, 6.45) is -2.99. The monoisotopic (exact) mass is 282 g/mol. The van der Waals surface area contributed by atoms with Gasteiger partial charge in [0, 0.05) is 18.3 Å². The summed E-state index contributed by atoms with van der Waals surface area (Å²) >= 11 is 0. The van der Waals surface area contributed by atoms with Crippen LogP contribution >= 0.6 is 0 Å². The largest absolute Gasteiger partial charge is 0.438 e. The number of nitrogens with two attached hydrogens (primary N) is 1. The van der Waals surface area contributed by atoms with Crippen LogP contribution in [0, 0.1) is 6.92 Å². The molecule has 2 N–H and O–H groups in total. The molecule has 0 saturated carbocycles. The van der Waals surface area contributed by atoms with Gasteiger partial charge >= 0.3 is 6.18 Å². The lowest BCUT2D eigenvalue weighted by molar-refractivity contribution is -0.138. The number of aromatic nitrogens is 1. The normalized spacial score (nSPS) is 11.4. The standard InChI is InChI=1S/C14H13F3N2O/c1-9-6-10(7-18)8-19-13(9)20-12-5-3-2-4-11(12)14(15,16)17/h2-6,8H,7,18H2,1H3. The lowest BCUT2D eigenvalue weighted by atomic mass is 10.2. The van der Waals surface area contributed by atoms with Crippen LogP contribution in [0.5, 0.6) is 11.6 Å². The number of hydrogen-bond acceptors (Lipinski definition) is 3. The molecular weight excluding hydrogens is 269 g/mol. The molecule has 1 heterocycles. The minimum Gasteiger partial charge on any atom is -0.438 e. The molecule has 2 aromatic rings. The first-order valence-corrected chi connectivity index (χ1v) is 5.91. The predicted molar refractivity (Wildman–Crippen MR) is 68.4 cm³/mol. The molecule has 0 radical (unpaired) electrons. The van der Waals surface area contributed by atoms with Crippen molar-refractivity contribution in [1.82, 2.24) is 4.98 Å². The average Bonchev–Trinajstić information content (AvgIpc) is 2.40. The molecule has 0 unspecified atom stereocenters. The van der Waals surface area contributed by atoms with Gasteiger partial charge in [0.05, 0.1) is 5.56 Å². The van der Waals surface area contributed by atoms with E-state index >= 15 is 0 Å². The van der Waals surface area contributed by atoms with E-state index in [0.717, 1.165) is 11.6 Å². The Labute approximate surface area is 114 Å². The Morgan fingerprint density at radius 1 is 1.25 bits per heavy atom. The molecule has 0 spiro atoms. The Balaban J connectivity index is 2.36. The minimum atomic E-state index is -4.47. The predicted octanol–water partition coefficient (Wildman–Crippen LogP) is 3.66. The third-order valence-electron chi connectivity index (χ3n) is 2.72. The summed E-state index contributed by atoms with van der Waals surface area (Å²) in [5.74, 6) is -0.130. The fourth-order valence-corrected chi connectivity index (χ4v) is 1.73. The van der Waals surface area contributed by atoms with Crippen LogP contribution in [0.2, 0.25) is 0 Å². The lowest BCUT2D eigenvalue weighted by Gasteiger charge is -2.14. The van der Waals surface area contributed by atoms with Gasteiger partial charge in [0.1, 0.15) is 5.75 Å². The smallest absolute Gasteiger partial charge is 0.419 e. The average molecular weight is 282 g/mol. The number of ether oxygens (including phenoxy) is 1. The highest BCUT2D eigenvalue weighted by molar-refractivity contribution is 5.40. The van der Waals surface area contributed by atoms with Crippen molar-refractivity contribution in [3.05, 3.63) is 53.2 Å². The first-order chi connectivity index (χ1) is 9.41. The summed E-state index contributed by atoms with van der Waals surface area (Å²) < 4.78 is 43.9. The Kier molecular flexibility index (Phi) is 3.94. The fraction of sp³-hybridized carbons (Fsp3) is 0.214. The Morgan fingerprint density at radius 2 is 1.95 bits per heavy atom. The minimum absolute atomic E-state index is 0.138. The van der Waals surface area contributed by atoms with E-state index in [1.807, 2.05) is 0 Å². The van der Waals surface area contributed by atoms with Gasteiger partial charge in [-0.25, -0.2) is 4.98 Å². The van der Waals surface area contributed by atoms with E-state index in [4.69, 9.17) is 10.5 Å². The summed E-state index contributed by atoms with van der Waals surface area (Å²) in [5, 5.41) is 0. The molecule has 2 rings (SSSR count). The number of hydrogen-bond donors (Lipinski definition) is 1. The molecule has 0 fully saturated rings. The fourth-order valence-electron chi connectivity index (χ4n) is 1.73. The molecule has 106 valence electrons. The van der Waals surface area contributed by atoms with Gasteiger partial charge in [-0.2, -0.15) is 13.2 Å². The van der Waals surface area contributed by atoms with Gasteiger partial charge < -0.3 is 10.5 Å². The SMILES string of the molecule is Cc1cc(CN)cnc1Oc1ccccc1C(F)(F)F. The number of para-hydroxylation sites is 1.